The van der Waals surface area contributed by atoms with Crippen LogP contribution in [-0.4, -0.2) is 23.1 Å². The number of nitrogens with one attached hydrogen (secondary N) is 1. The van der Waals surface area contributed by atoms with Crippen molar-refractivity contribution in [2.24, 2.45) is 0 Å². The number of anilines is 1. The minimum absolute atomic E-state index is 0.0664. The van der Waals surface area contributed by atoms with Gasteiger partial charge in [0, 0.05) is 25.1 Å². The normalized spacial score (nSPS) is 10.8. The quantitative estimate of drug-likeness (QED) is 0.832. The minimum Gasteiger partial charge on any atom is -0.357 e. The van der Waals surface area contributed by atoms with E-state index in [-0.39, 0.29) is 11.5 Å². The van der Waals surface area contributed by atoms with Crippen LogP contribution in [0.4, 0.5) is 5.82 Å². The zero-order valence-corrected chi connectivity index (χ0v) is 10.6. The molecule has 0 bridgehead atoms. The molecule has 0 aromatic carbocycles. The monoisotopic (exact) mass is 223 g/mol. The van der Waals surface area contributed by atoms with E-state index in [1.165, 1.54) is 0 Å². The number of hydrogen-bond acceptors (Lipinski definition) is 3. The first-order chi connectivity index (χ1) is 7.58. The zero-order chi connectivity index (χ0) is 12.1. The van der Waals surface area contributed by atoms with Crippen LogP contribution in [0.2, 0.25) is 0 Å². The smallest absolute Gasteiger partial charge is 0.252 e. The summed E-state index contributed by atoms with van der Waals surface area (Å²) in [6.45, 7) is 10.1. The van der Waals surface area contributed by atoms with Crippen molar-refractivity contribution in [2.75, 3.05) is 18.0 Å². The summed E-state index contributed by atoms with van der Waals surface area (Å²) < 4.78 is 0. The lowest BCUT2D eigenvalue weighted by molar-refractivity contribution is 0.732. The molecule has 0 unspecified atom stereocenters. The molecule has 0 spiro atoms. The Labute approximate surface area is 96.7 Å². The molecule has 1 aromatic heterocycles. The lowest BCUT2D eigenvalue weighted by Crippen LogP contribution is -2.27. The van der Waals surface area contributed by atoms with Crippen molar-refractivity contribution in [3.63, 3.8) is 0 Å². The summed E-state index contributed by atoms with van der Waals surface area (Å²) in [5, 5.41) is 0. The number of rotatable bonds is 5. The molecule has 1 rings (SSSR count). The van der Waals surface area contributed by atoms with Gasteiger partial charge in [-0.15, -0.1) is 0 Å². The maximum atomic E-state index is 11.5. The Bertz CT molecular complexity index is 384. The molecule has 0 amide bonds. The summed E-state index contributed by atoms with van der Waals surface area (Å²) in [6, 6.07) is 1.57. The molecule has 0 atom stereocenters. The van der Waals surface area contributed by atoms with Crippen LogP contribution in [0.25, 0.3) is 0 Å². The average molecular weight is 223 g/mol. The van der Waals surface area contributed by atoms with Gasteiger partial charge in [0.2, 0.25) is 0 Å². The van der Waals surface area contributed by atoms with Gasteiger partial charge in [-0.25, -0.2) is 4.98 Å². The van der Waals surface area contributed by atoms with Crippen LogP contribution in [0.3, 0.4) is 0 Å². The molecule has 0 fully saturated rings. The third-order valence-electron chi connectivity index (χ3n) is 2.49. The molecule has 0 aliphatic carbocycles. The summed E-state index contributed by atoms with van der Waals surface area (Å²) in [4.78, 5) is 20.9. The highest BCUT2D eigenvalue weighted by Gasteiger charge is 2.09. The third kappa shape index (κ3) is 3.08. The summed E-state index contributed by atoms with van der Waals surface area (Å²) in [6.07, 6.45) is 1.05. The predicted molar refractivity (Wildman–Crippen MR) is 67.1 cm³/mol. The van der Waals surface area contributed by atoms with E-state index in [1.807, 2.05) is 13.8 Å². The number of nitrogens with zero attached hydrogens (tertiary/aromatic N) is 2. The van der Waals surface area contributed by atoms with E-state index < -0.39 is 0 Å². The minimum atomic E-state index is -0.0664. The molecule has 16 heavy (non-hydrogen) atoms. The van der Waals surface area contributed by atoms with Gasteiger partial charge in [-0.3, -0.25) is 4.79 Å². The molecule has 4 heteroatoms. The Morgan fingerprint density at radius 3 is 2.62 bits per heavy atom. The first-order valence-corrected chi connectivity index (χ1v) is 5.94. The summed E-state index contributed by atoms with van der Waals surface area (Å²) in [5.41, 5.74) is -0.0664. The maximum Gasteiger partial charge on any atom is 0.252 e. The Morgan fingerprint density at radius 2 is 2.12 bits per heavy atom. The molecule has 0 radical (unpaired) electrons. The number of aromatic amines is 1. The Morgan fingerprint density at radius 1 is 1.44 bits per heavy atom. The molecule has 4 nitrogen and oxygen atoms in total. The Kier molecular flexibility index (Phi) is 4.52. The molecule has 1 aromatic rings. The molecular weight excluding hydrogens is 202 g/mol. The summed E-state index contributed by atoms with van der Waals surface area (Å²) in [5.74, 6) is 1.79. The summed E-state index contributed by atoms with van der Waals surface area (Å²) >= 11 is 0. The van der Waals surface area contributed by atoms with Gasteiger partial charge >= 0.3 is 0 Å². The van der Waals surface area contributed by atoms with Gasteiger partial charge in [0.15, 0.2) is 0 Å². The van der Waals surface area contributed by atoms with Gasteiger partial charge in [-0.05, 0) is 13.3 Å². The van der Waals surface area contributed by atoms with Crippen LogP contribution >= 0.6 is 0 Å². The van der Waals surface area contributed by atoms with Crippen molar-refractivity contribution in [2.45, 2.75) is 40.0 Å². The second-order valence-electron chi connectivity index (χ2n) is 4.22. The Balaban J connectivity index is 3.07. The van der Waals surface area contributed by atoms with Crippen molar-refractivity contribution in [1.29, 1.82) is 0 Å². The highest BCUT2D eigenvalue weighted by atomic mass is 16.1. The highest BCUT2D eigenvalue weighted by Crippen LogP contribution is 2.12. The van der Waals surface area contributed by atoms with E-state index >= 15 is 0 Å². The topological polar surface area (TPSA) is 49.0 Å². The van der Waals surface area contributed by atoms with Gasteiger partial charge in [-0.1, -0.05) is 20.8 Å². The highest BCUT2D eigenvalue weighted by molar-refractivity contribution is 5.37. The fraction of sp³-hybridized carbons (Fsp3) is 0.667. The van der Waals surface area contributed by atoms with Gasteiger partial charge in [-0.2, -0.15) is 0 Å². The molecule has 0 aliphatic heterocycles. The van der Waals surface area contributed by atoms with Crippen molar-refractivity contribution in [3.8, 4) is 0 Å². The average Bonchev–Trinajstić information content (AvgIpc) is 2.24. The van der Waals surface area contributed by atoms with E-state index in [0.717, 1.165) is 31.2 Å². The molecule has 1 N–H and O–H groups in total. The third-order valence-corrected chi connectivity index (χ3v) is 2.49. The number of hydrogen-bond donors (Lipinski definition) is 1. The van der Waals surface area contributed by atoms with Gasteiger partial charge in [0.05, 0.1) is 0 Å². The number of aromatic nitrogens is 2. The maximum absolute atomic E-state index is 11.5. The molecule has 0 aliphatic rings. The standard InChI is InChI=1S/C12H21N3O/c1-5-7-15(6-2)10-8-11(16)14-12(13-10)9(3)4/h8-9H,5-7H2,1-4H3,(H,13,14,16). The largest absolute Gasteiger partial charge is 0.357 e. The van der Waals surface area contributed by atoms with Crippen molar-refractivity contribution in [1.82, 2.24) is 9.97 Å². The van der Waals surface area contributed by atoms with E-state index in [4.69, 9.17) is 0 Å². The van der Waals surface area contributed by atoms with Crippen LogP contribution in [0.15, 0.2) is 10.9 Å². The molecule has 1 heterocycles. The molecule has 0 saturated carbocycles. The van der Waals surface area contributed by atoms with E-state index in [0.29, 0.717) is 0 Å². The second-order valence-corrected chi connectivity index (χ2v) is 4.22. The lowest BCUT2D eigenvalue weighted by Gasteiger charge is -2.21. The summed E-state index contributed by atoms with van der Waals surface area (Å²) in [7, 11) is 0. The lowest BCUT2D eigenvalue weighted by atomic mass is 10.2. The Hall–Kier alpha value is -1.32. The molecule has 0 saturated heterocycles. The van der Waals surface area contributed by atoms with Crippen molar-refractivity contribution in [3.05, 3.63) is 22.2 Å². The number of H-pyrrole nitrogens is 1. The van der Waals surface area contributed by atoms with Crippen LogP contribution in [0, 0.1) is 0 Å². The van der Waals surface area contributed by atoms with Crippen molar-refractivity contribution < 1.29 is 0 Å². The fourth-order valence-electron chi connectivity index (χ4n) is 1.60. The first-order valence-electron chi connectivity index (χ1n) is 5.94. The molecular formula is C12H21N3O. The second kappa shape index (κ2) is 5.68. The van der Waals surface area contributed by atoms with Crippen LogP contribution in [0.5, 0.6) is 0 Å². The predicted octanol–water partition coefficient (Wildman–Crippen LogP) is 2.13. The van der Waals surface area contributed by atoms with Crippen LogP contribution in [-0.2, 0) is 0 Å². The fourth-order valence-corrected chi connectivity index (χ4v) is 1.60. The van der Waals surface area contributed by atoms with Crippen LogP contribution < -0.4 is 10.5 Å². The molecule has 90 valence electrons. The van der Waals surface area contributed by atoms with E-state index in [9.17, 15) is 4.79 Å². The van der Waals surface area contributed by atoms with Gasteiger partial charge < -0.3 is 9.88 Å². The van der Waals surface area contributed by atoms with E-state index in [1.54, 1.807) is 6.07 Å². The first kappa shape index (κ1) is 12.7. The van der Waals surface area contributed by atoms with Crippen LogP contribution in [0.1, 0.15) is 45.9 Å². The van der Waals surface area contributed by atoms with Crippen molar-refractivity contribution >= 4 is 5.82 Å². The zero-order valence-electron chi connectivity index (χ0n) is 10.6. The SMILES string of the molecule is CCCN(CC)c1cc(=O)[nH]c(C(C)C)n1. The van der Waals surface area contributed by atoms with E-state index in [2.05, 4.69) is 28.7 Å². The van der Waals surface area contributed by atoms with Gasteiger partial charge in [0.25, 0.3) is 5.56 Å². The van der Waals surface area contributed by atoms with Gasteiger partial charge in [0.1, 0.15) is 11.6 Å².